The first-order valence-corrected chi connectivity index (χ1v) is 10.7. The molecule has 0 aliphatic rings. The lowest BCUT2D eigenvalue weighted by Crippen LogP contribution is -2.45. The van der Waals surface area contributed by atoms with Crippen molar-refractivity contribution in [2.24, 2.45) is 0 Å². The van der Waals surface area contributed by atoms with E-state index in [1.807, 2.05) is 6.92 Å². The molecule has 0 spiro atoms. The van der Waals surface area contributed by atoms with Crippen molar-refractivity contribution < 1.29 is 9.22 Å². The molecule has 0 saturated carbocycles. The third-order valence-electron chi connectivity index (χ3n) is 4.01. The Morgan fingerprint density at radius 2 is 1.75 bits per heavy atom. The molecule has 0 aliphatic carbocycles. The second-order valence-corrected chi connectivity index (χ2v) is 11.7. The van der Waals surface area contributed by atoms with Crippen LogP contribution in [0.3, 0.4) is 0 Å². The third-order valence-corrected chi connectivity index (χ3v) is 8.56. The number of hydrogen-bond donors (Lipinski definition) is 0. The Balaban J connectivity index is 4.19. The Hall–Kier alpha value is -0.593. The number of carbonyl (C=O) groups excluding carboxylic acids is 1. The summed E-state index contributed by atoms with van der Waals surface area (Å²) in [6.07, 6.45) is 4.13. The van der Waals surface area contributed by atoms with Crippen molar-refractivity contribution in [2.45, 2.75) is 91.0 Å². The van der Waals surface area contributed by atoms with E-state index >= 15 is 0 Å². The lowest BCUT2D eigenvalue weighted by atomic mass is 10.1. The van der Waals surface area contributed by atoms with Crippen LogP contribution in [0.2, 0.25) is 18.1 Å². The summed E-state index contributed by atoms with van der Waals surface area (Å²) in [5.74, 6) is 6.38. The summed E-state index contributed by atoms with van der Waals surface area (Å²) < 4.78 is 6.10. The molecular weight excluding hydrogens is 264 g/mol. The van der Waals surface area contributed by atoms with Crippen molar-refractivity contribution >= 4 is 14.1 Å². The SMILES string of the molecule is CCCCC#CCCC(=O)[C@H](C)O[Si](C)(C)C(C)(C)C. The molecule has 0 fully saturated rings. The van der Waals surface area contributed by atoms with E-state index in [1.165, 1.54) is 6.42 Å². The summed E-state index contributed by atoms with van der Waals surface area (Å²) in [4.78, 5) is 12.1. The quantitative estimate of drug-likeness (QED) is 0.378. The molecule has 0 saturated heterocycles. The Morgan fingerprint density at radius 1 is 1.20 bits per heavy atom. The average Bonchev–Trinajstić information content (AvgIpc) is 2.31. The zero-order valence-electron chi connectivity index (χ0n) is 14.4. The Bertz CT molecular complexity index is 355. The van der Waals surface area contributed by atoms with Crippen LogP contribution in [0.5, 0.6) is 0 Å². The molecule has 0 aromatic rings. The van der Waals surface area contributed by atoms with Gasteiger partial charge in [0.1, 0.15) is 6.10 Å². The van der Waals surface area contributed by atoms with Gasteiger partial charge >= 0.3 is 0 Å². The maximum absolute atomic E-state index is 12.1. The standard InChI is InChI=1S/C17H32O2Si/c1-8-9-10-11-12-13-14-16(18)15(2)19-20(6,7)17(3,4)5/h15H,8-10,13-14H2,1-7H3/t15-/m0/s1. The molecule has 0 N–H and O–H groups in total. The molecule has 1 atom stereocenters. The topological polar surface area (TPSA) is 26.3 Å². The van der Waals surface area contributed by atoms with Gasteiger partial charge in [-0.25, -0.2) is 0 Å². The Kier molecular flexibility index (Phi) is 8.38. The third kappa shape index (κ3) is 7.26. The van der Waals surface area contributed by atoms with E-state index in [1.54, 1.807) is 0 Å². The van der Waals surface area contributed by atoms with E-state index in [0.717, 1.165) is 12.8 Å². The fourth-order valence-corrected chi connectivity index (χ4v) is 2.88. The van der Waals surface area contributed by atoms with Gasteiger partial charge in [-0.15, -0.1) is 11.8 Å². The normalized spacial score (nSPS) is 13.6. The van der Waals surface area contributed by atoms with Crippen LogP contribution in [0.25, 0.3) is 0 Å². The molecule has 0 aliphatic heterocycles. The average molecular weight is 297 g/mol. The molecule has 0 unspecified atom stereocenters. The summed E-state index contributed by atoms with van der Waals surface area (Å²) in [7, 11) is -1.85. The molecule has 0 heterocycles. The zero-order valence-corrected chi connectivity index (χ0v) is 15.4. The second kappa shape index (κ2) is 8.64. The number of carbonyl (C=O) groups is 1. The zero-order chi connectivity index (χ0) is 15.8. The van der Waals surface area contributed by atoms with Crippen molar-refractivity contribution in [1.82, 2.24) is 0 Å². The number of Topliss-reactive ketones (excluding diaryl/α,β-unsaturated/α-hetero) is 1. The summed E-state index contributed by atoms with van der Waals surface area (Å²) in [6.45, 7) is 15.0. The summed E-state index contributed by atoms with van der Waals surface area (Å²) >= 11 is 0. The van der Waals surface area contributed by atoms with Gasteiger partial charge in [0.2, 0.25) is 0 Å². The molecule has 0 aromatic heterocycles. The highest BCUT2D eigenvalue weighted by Gasteiger charge is 2.39. The summed E-state index contributed by atoms with van der Waals surface area (Å²) in [5, 5.41) is 0.140. The molecule has 0 aromatic carbocycles. The van der Waals surface area contributed by atoms with Gasteiger partial charge in [0, 0.05) is 19.3 Å². The fourth-order valence-electron chi connectivity index (χ4n) is 1.52. The summed E-state index contributed by atoms with van der Waals surface area (Å²) in [6, 6.07) is 0. The van der Waals surface area contributed by atoms with E-state index < -0.39 is 8.32 Å². The van der Waals surface area contributed by atoms with Crippen LogP contribution in [0.15, 0.2) is 0 Å². The molecule has 0 radical (unpaired) electrons. The van der Waals surface area contributed by atoms with Crippen molar-refractivity contribution in [3.05, 3.63) is 0 Å². The smallest absolute Gasteiger partial charge is 0.193 e. The Labute approximate surface area is 126 Å². The van der Waals surface area contributed by atoms with E-state index in [9.17, 15) is 4.79 Å². The van der Waals surface area contributed by atoms with Gasteiger partial charge in [0.25, 0.3) is 0 Å². The lowest BCUT2D eigenvalue weighted by Gasteiger charge is -2.38. The fraction of sp³-hybridized carbons (Fsp3) is 0.824. The molecule has 3 heteroatoms. The van der Waals surface area contributed by atoms with Crippen molar-refractivity contribution in [3.8, 4) is 11.8 Å². The first kappa shape index (κ1) is 19.4. The van der Waals surface area contributed by atoms with Gasteiger partial charge in [0.15, 0.2) is 14.1 Å². The van der Waals surface area contributed by atoms with Crippen molar-refractivity contribution in [3.63, 3.8) is 0 Å². The molecule has 2 nitrogen and oxygen atoms in total. The monoisotopic (exact) mass is 296 g/mol. The maximum Gasteiger partial charge on any atom is 0.193 e. The van der Waals surface area contributed by atoms with Crippen molar-refractivity contribution in [1.29, 1.82) is 0 Å². The van der Waals surface area contributed by atoms with Crippen LogP contribution < -0.4 is 0 Å². The minimum absolute atomic E-state index is 0.140. The van der Waals surface area contributed by atoms with Crippen LogP contribution in [0.1, 0.15) is 66.7 Å². The Morgan fingerprint density at radius 3 is 2.25 bits per heavy atom. The van der Waals surface area contributed by atoms with Gasteiger partial charge in [-0.1, -0.05) is 34.1 Å². The minimum atomic E-state index is -1.85. The molecule has 0 bridgehead atoms. The predicted octanol–water partition coefficient (Wildman–Crippen LogP) is 4.94. The molecule has 20 heavy (non-hydrogen) atoms. The number of hydrogen-bond acceptors (Lipinski definition) is 2. The highest BCUT2D eigenvalue weighted by molar-refractivity contribution is 6.74. The second-order valence-electron chi connectivity index (χ2n) is 6.94. The highest BCUT2D eigenvalue weighted by atomic mass is 28.4. The number of unbranched alkanes of at least 4 members (excludes halogenated alkanes) is 2. The van der Waals surface area contributed by atoms with Crippen LogP contribution in [0, 0.1) is 11.8 Å². The highest BCUT2D eigenvalue weighted by Crippen LogP contribution is 2.37. The van der Waals surface area contributed by atoms with Gasteiger partial charge in [-0.3, -0.25) is 4.79 Å². The van der Waals surface area contributed by atoms with E-state index in [-0.39, 0.29) is 16.9 Å². The molecular formula is C17H32O2Si. The summed E-state index contributed by atoms with van der Waals surface area (Å²) in [5.41, 5.74) is 0. The lowest BCUT2D eigenvalue weighted by molar-refractivity contribution is -0.125. The van der Waals surface area contributed by atoms with Gasteiger partial charge in [0.05, 0.1) is 0 Å². The van der Waals surface area contributed by atoms with E-state index in [2.05, 4.69) is 52.6 Å². The van der Waals surface area contributed by atoms with E-state index in [0.29, 0.717) is 12.8 Å². The molecule has 0 amide bonds. The van der Waals surface area contributed by atoms with Gasteiger partial charge in [-0.05, 0) is 31.5 Å². The maximum atomic E-state index is 12.1. The molecule has 0 rings (SSSR count). The number of rotatable bonds is 7. The van der Waals surface area contributed by atoms with Crippen LogP contribution in [-0.2, 0) is 9.22 Å². The van der Waals surface area contributed by atoms with Gasteiger partial charge < -0.3 is 4.43 Å². The minimum Gasteiger partial charge on any atom is -0.407 e. The van der Waals surface area contributed by atoms with Crippen LogP contribution >= 0.6 is 0 Å². The predicted molar refractivity (Wildman–Crippen MR) is 89.3 cm³/mol. The van der Waals surface area contributed by atoms with Gasteiger partial charge in [-0.2, -0.15) is 0 Å². The van der Waals surface area contributed by atoms with Crippen molar-refractivity contribution in [2.75, 3.05) is 0 Å². The molecule has 116 valence electrons. The van der Waals surface area contributed by atoms with Crippen LogP contribution in [0.4, 0.5) is 0 Å². The van der Waals surface area contributed by atoms with Crippen LogP contribution in [-0.4, -0.2) is 20.2 Å². The number of ketones is 1. The van der Waals surface area contributed by atoms with E-state index in [4.69, 9.17) is 4.43 Å². The first-order chi connectivity index (χ1) is 9.12. The first-order valence-electron chi connectivity index (χ1n) is 7.78. The largest absolute Gasteiger partial charge is 0.407 e.